The summed E-state index contributed by atoms with van der Waals surface area (Å²) in [7, 11) is 1.66. The van der Waals surface area contributed by atoms with Crippen LogP contribution in [0.4, 0.5) is 0 Å². The fraction of sp³-hybridized carbons (Fsp3) is 0.263. The van der Waals surface area contributed by atoms with Gasteiger partial charge in [-0.3, -0.25) is 4.98 Å². The highest BCUT2D eigenvalue weighted by Gasteiger charge is 2.15. The van der Waals surface area contributed by atoms with E-state index in [2.05, 4.69) is 11.1 Å². The molecule has 5 heteroatoms. The molecule has 0 saturated heterocycles. The first-order chi connectivity index (χ1) is 11.8. The van der Waals surface area contributed by atoms with E-state index < -0.39 is 0 Å². The molecule has 1 N–H and O–H groups in total. The van der Waals surface area contributed by atoms with Gasteiger partial charge in [-0.1, -0.05) is 6.07 Å². The Morgan fingerprint density at radius 2 is 1.92 bits per heavy atom. The zero-order valence-corrected chi connectivity index (χ0v) is 14.4. The molecule has 0 amide bonds. The van der Waals surface area contributed by atoms with Gasteiger partial charge in [0.15, 0.2) is 0 Å². The molecule has 0 radical (unpaired) electrons. The lowest BCUT2D eigenvalue weighted by molar-refractivity contribution is 0.284. The van der Waals surface area contributed by atoms with Crippen molar-refractivity contribution in [2.24, 2.45) is 0 Å². The van der Waals surface area contributed by atoms with Gasteiger partial charge in [0, 0.05) is 30.1 Å². The number of hydrogen-bond donors (Lipinski definition) is 1. The monoisotopic (exact) mass is 340 g/mol. The van der Waals surface area contributed by atoms with Crippen molar-refractivity contribution in [2.75, 3.05) is 13.7 Å². The van der Waals surface area contributed by atoms with Crippen LogP contribution in [0.25, 0.3) is 21.7 Å². The van der Waals surface area contributed by atoms with E-state index in [0.717, 1.165) is 51.7 Å². The number of ether oxygens (including phenoxy) is 1. The van der Waals surface area contributed by atoms with Crippen molar-refractivity contribution >= 4 is 11.3 Å². The highest BCUT2D eigenvalue weighted by Crippen LogP contribution is 2.37. The Kier molecular flexibility index (Phi) is 5.56. The third-order valence-electron chi connectivity index (χ3n) is 3.76. The van der Waals surface area contributed by atoms with Crippen molar-refractivity contribution in [1.29, 1.82) is 0 Å². The van der Waals surface area contributed by atoms with E-state index >= 15 is 0 Å². The third-order valence-corrected chi connectivity index (χ3v) is 4.92. The standard InChI is InChI=1S/C19H20N2O2S/c1-23-16-9-7-14(8-10-16)18-19(15-5-4-11-20-13-15)24-17(21-18)6-2-3-12-22/h4-5,7-11,13,22H,2-3,6,12H2,1H3. The van der Waals surface area contributed by atoms with E-state index in [1.807, 2.05) is 36.5 Å². The van der Waals surface area contributed by atoms with Crippen LogP contribution < -0.4 is 4.74 Å². The van der Waals surface area contributed by atoms with Crippen LogP contribution in [0.3, 0.4) is 0 Å². The molecule has 0 aliphatic rings. The number of aryl methyl sites for hydroxylation is 1. The van der Waals surface area contributed by atoms with E-state index in [0.29, 0.717) is 0 Å². The molecule has 124 valence electrons. The molecule has 2 aromatic heterocycles. The molecule has 3 rings (SSSR count). The third kappa shape index (κ3) is 3.80. The Balaban J connectivity index is 1.98. The Bertz CT molecular complexity index is 770. The van der Waals surface area contributed by atoms with Gasteiger partial charge in [-0.25, -0.2) is 4.98 Å². The Morgan fingerprint density at radius 1 is 1.08 bits per heavy atom. The predicted molar refractivity (Wildman–Crippen MR) is 97.4 cm³/mol. The van der Waals surface area contributed by atoms with Gasteiger partial charge in [0.2, 0.25) is 0 Å². The molecule has 2 heterocycles. The maximum absolute atomic E-state index is 8.97. The van der Waals surface area contributed by atoms with Crippen molar-refractivity contribution in [2.45, 2.75) is 19.3 Å². The van der Waals surface area contributed by atoms with E-state index in [9.17, 15) is 0 Å². The second-order valence-electron chi connectivity index (χ2n) is 5.44. The summed E-state index contributed by atoms with van der Waals surface area (Å²) in [6.07, 6.45) is 6.28. The second-order valence-corrected chi connectivity index (χ2v) is 6.52. The number of pyridine rings is 1. The molecular formula is C19H20N2O2S. The lowest BCUT2D eigenvalue weighted by Crippen LogP contribution is -1.88. The normalized spacial score (nSPS) is 10.8. The predicted octanol–water partition coefficient (Wildman–Crippen LogP) is 4.20. The molecule has 0 unspecified atom stereocenters. The number of thiazole rings is 1. The van der Waals surface area contributed by atoms with Gasteiger partial charge in [-0.2, -0.15) is 0 Å². The average molecular weight is 340 g/mol. The molecule has 4 nitrogen and oxygen atoms in total. The van der Waals surface area contributed by atoms with Crippen molar-refractivity contribution < 1.29 is 9.84 Å². The molecule has 0 spiro atoms. The fourth-order valence-electron chi connectivity index (χ4n) is 2.50. The van der Waals surface area contributed by atoms with E-state index in [1.165, 1.54) is 0 Å². The number of benzene rings is 1. The minimum Gasteiger partial charge on any atom is -0.497 e. The van der Waals surface area contributed by atoms with Crippen molar-refractivity contribution in [3.8, 4) is 27.4 Å². The number of aromatic nitrogens is 2. The number of aliphatic hydroxyl groups is 1. The van der Waals surface area contributed by atoms with E-state index in [4.69, 9.17) is 14.8 Å². The summed E-state index contributed by atoms with van der Waals surface area (Å²) in [6.45, 7) is 0.228. The van der Waals surface area contributed by atoms with Crippen molar-refractivity contribution in [3.05, 3.63) is 53.8 Å². The van der Waals surface area contributed by atoms with Gasteiger partial charge in [0.05, 0.1) is 22.7 Å². The zero-order chi connectivity index (χ0) is 16.8. The number of aliphatic hydroxyl groups excluding tert-OH is 1. The molecule has 0 aliphatic heterocycles. The summed E-state index contributed by atoms with van der Waals surface area (Å²) < 4.78 is 5.24. The number of methoxy groups -OCH3 is 1. The molecule has 0 aliphatic carbocycles. The minimum atomic E-state index is 0.228. The highest BCUT2D eigenvalue weighted by molar-refractivity contribution is 7.15. The largest absolute Gasteiger partial charge is 0.497 e. The Morgan fingerprint density at radius 3 is 2.58 bits per heavy atom. The molecule has 0 fully saturated rings. The van der Waals surface area contributed by atoms with Crippen LogP contribution >= 0.6 is 11.3 Å². The van der Waals surface area contributed by atoms with Crippen LogP contribution in [-0.2, 0) is 6.42 Å². The topological polar surface area (TPSA) is 55.2 Å². The number of nitrogens with zero attached hydrogens (tertiary/aromatic N) is 2. The maximum Gasteiger partial charge on any atom is 0.118 e. The van der Waals surface area contributed by atoms with Gasteiger partial charge in [0.1, 0.15) is 5.75 Å². The van der Waals surface area contributed by atoms with Crippen LogP contribution in [0.1, 0.15) is 17.8 Å². The van der Waals surface area contributed by atoms with Crippen molar-refractivity contribution in [1.82, 2.24) is 9.97 Å². The lowest BCUT2D eigenvalue weighted by Gasteiger charge is -2.04. The van der Waals surface area contributed by atoms with Crippen LogP contribution in [0.5, 0.6) is 5.75 Å². The lowest BCUT2D eigenvalue weighted by atomic mass is 10.1. The van der Waals surface area contributed by atoms with Gasteiger partial charge < -0.3 is 9.84 Å². The van der Waals surface area contributed by atoms with E-state index in [-0.39, 0.29) is 6.61 Å². The summed E-state index contributed by atoms with van der Waals surface area (Å²) in [5.74, 6) is 0.833. The fourth-order valence-corrected chi connectivity index (χ4v) is 3.61. The maximum atomic E-state index is 8.97. The Hall–Kier alpha value is -2.24. The number of hydrogen-bond acceptors (Lipinski definition) is 5. The molecule has 0 bridgehead atoms. The Labute approximate surface area is 145 Å². The summed E-state index contributed by atoms with van der Waals surface area (Å²) in [5.41, 5.74) is 3.13. The average Bonchev–Trinajstić information content (AvgIpc) is 3.07. The van der Waals surface area contributed by atoms with Crippen molar-refractivity contribution in [3.63, 3.8) is 0 Å². The summed E-state index contributed by atoms with van der Waals surface area (Å²) in [5, 5.41) is 10.1. The van der Waals surface area contributed by atoms with Crippen LogP contribution in [0.15, 0.2) is 48.8 Å². The quantitative estimate of drug-likeness (QED) is 0.655. The SMILES string of the molecule is COc1ccc(-c2nc(CCCCO)sc2-c2cccnc2)cc1. The number of unbranched alkanes of at least 4 members (excludes halogenated alkanes) is 1. The van der Waals surface area contributed by atoms with Gasteiger partial charge >= 0.3 is 0 Å². The molecule has 0 saturated carbocycles. The smallest absolute Gasteiger partial charge is 0.118 e. The first kappa shape index (κ1) is 16.6. The molecule has 1 aromatic carbocycles. The van der Waals surface area contributed by atoms with Gasteiger partial charge in [0.25, 0.3) is 0 Å². The second kappa shape index (κ2) is 8.04. The molecular weight excluding hydrogens is 320 g/mol. The zero-order valence-electron chi connectivity index (χ0n) is 13.6. The number of rotatable bonds is 7. The summed E-state index contributed by atoms with van der Waals surface area (Å²) in [4.78, 5) is 10.2. The van der Waals surface area contributed by atoms with Crippen LogP contribution in [0, 0.1) is 0 Å². The first-order valence-corrected chi connectivity index (χ1v) is 8.79. The summed E-state index contributed by atoms with van der Waals surface area (Å²) >= 11 is 1.70. The molecule has 24 heavy (non-hydrogen) atoms. The van der Waals surface area contributed by atoms with Gasteiger partial charge in [-0.05, 0) is 49.6 Å². The van der Waals surface area contributed by atoms with E-state index in [1.54, 1.807) is 24.6 Å². The van der Waals surface area contributed by atoms with Crippen LogP contribution in [0.2, 0.25) is 0 Å². The van der Waals surface area contributed by atoms with Crippen LogP contribution in [-0.4, -0.2) is 28.8 Å². The first-order valence-electron chi connectivity index (χ1n) is 7.97. The molecule has 3 aromatic rings. The highest BCUT2D eigenvalue weighted by atomic mass is 32.1. The summed E-state index contributed by atoms with van der Waals surface area (Å²) in [6, 6.07) is 12.0. The van der Waals surface area contributed by atoms with Gasteiger partial charge in [-0.15, -0.1) is 11.3 Å². The minimum absolute atomic E-state index is 0.228. The molecule has 0 atom stereocenters.